The Hall–Kier alpha value is -1.53. The van der Waals surface area contributed by atoms with Crippen LogP contribution in [0.1, 0.15) is 91.5 Å². The molecule has 0 spiro atoms. The zero-order valence-electron chi connectivity index (χ0n) is 27.7. The van der Waals surface area contributed by atoms with Crippen LogP contribution in [0, 0.1) is 37.0 Å². The quantitative estimate of drug-likeness (QED) is 0.162. The molecule has 2 aliphatic carbocycles. The Bertz CT molecular complexity index is 1180. The fourth-order valence-corrected chi connectivity index (χ4v) is 4.42. The molecule has 2 aliphatic rings. The smallest absolute Gasteiger partial charge is 0.171 e. The summed E-state index contributed by atoms with van der Waals surface area (Å²) >= 11 is 1.30. The van der Waals surface area contributed by atoms with Crippen molar-refractivity contribution in [2.45, 2.75) is 86.5 Å². The molecule has 0 saturated carbocycles. The van der Waals surface area contributed by atoms with Crippen LogP contribution in [0.3, 0.4) is 0 Å². The first-order valence-electron chi connectivity index (χ1n) is 13.9. The first-order valence-corrected chi connectivity index (χ1v) is 15.7. The Kier molecular flexibility index (Phi) is 18.6. The van der Waals surface area contributed by atoms with Gasteiger partial charge in [0.25, 0.3) is 0 Å². The van der Waals surface area contributed by atoms with Gasteiger partial charge < -0.3 is 7.43 Å². The van der Waals surface area contributed by atoms with Gasteiger partial charge in [0, 0.05) is 0 Å². The number of benzene rings is 3. The SMILES string of the molecule is CC(C)(C)c1[c-]c2c(cc1)-c1ccc(C(C)(C)C)cc1C2.CC1[C-]=CC(C(C)(C)C)=C1.Cl.Cl.[CH2]=[Zr].[CH3-].[c-]1ccccc1. The van der Waals surface area contributed by atoms with E-state index < -0.39 is 0 Å². The standard InChI is InChI=1S/C21H25.C10H15.C6H5.CH3.CH2.2ClH.Zr/c1-20(2,3)16-7-9-18-14(12-16)11-15-13-17(21(4,5)6)8-10-19(15)18;1-8-5-6-9(7-8)10(2,3)4;1-2-4-6-5-3-1;;;;;/h7-10,12H,11H2,1-6H3;6-8H,1-4H3;1-5H;1H3;1H2;2*1H;/q4*-1;;;;. The number of rotatable bonds is 0. The topological polar surface area (TPSA) is 0 Å². The Morgan fingerprint density at radius 2 is 1.33 bits per heavy atom. The summed E-state index contributed by atoms with van der Waals surface area (Å²) in [5, 5.41) is 0. The van der Waals surface area contributed by atoms with Crippen molar-refractivity contribution < 1.29 is 24.2 Å². The van der Waals surface area contributed by atoms with Crippen molar-refractivity contribution in [3.8, 4) is 11.1 Å². The van der Waals surface area contributed by atoms with Gasteiger partial charge in [-0.05, 0) is 28.4 Å². The second-order valence-corrected chi connectivity index (χ2v) is 13.4. The van der Waals surface area contributed by atoms with Crippen molar-refractivity contribution in [1.82, 2.24) is 0 Å². The predicted octanol–water partition coefficient (Wildman–Crippen LogP) is 11.4. The van der Waals surface area contributed by atoms with Gasteiger partial charge in [0.05, 0.1) is 0 Å². The predicted molar refractivity (Wildman–Crippen MR) is 189 cm³/mol. The van der Waals surface area contributed by atoms with Crippen molar-refractivity contribution in [1.29, 1.82) is 0 Å². The summed E-state index contributed by atoms with van der Waals surface area (Å²) in [6, 6.07) is 27.7. The number of allylic oxidation sites excluding steroid dienone is 4. The molecule has 0 saturated heterocycles. The average molecular weight is 683 g/mol. The van der Waals surface area contributed by atoms with Gasteiger partial charge in [0.1, 0.15) is 0 Å². The Labute approximate surface area is 286 Å². The fraction of sp³-hybridized carbons (Fsp3) is 0.385. The first-order chi connectivity index (χ1) is 18.2. The minimum atomic E-state index is 0. The fourth-order valence-electron chi connectivity index (χ4n) is 4.42. The molecule has 0 radical (unpaired) electrons. The van der Waals surface area contributed by atoms with Gasteiger partial charge in [0.15, 0.2) is 0 Å². The summed E-state index contributed by atoms with van der Waals surface area (Å²) in [7, 11) is 0. The summed E-state index contributed by atoms with van der Waals surface area (Å²) < 4.78 is 3.34. The molecule has 3 aromatic carbocycles. The van der Waals surface area contributed by atoms with E-state index in [0.29, 0.717) is 11.3 Å². The van der Waals surface area contributed by atoms with E-state index in [-0.39, 0.29) is 43.1 Å². The molecule has 3 heteroatoms. The Balaban J connectivity index is 0. The number of halogens is 2. The molecule has 0 nitrogen and oxygen atoms in total. The van der Waals surface area contributed by atoms with Crippen LogP contribution in [0.15, 0.2) is 78.4 Å². The molecular weight excluding hydrogens is 631 g/mol. The van der Waals surface area contributed by atoms with Crippen molar-refractivity contribution in [3.05, 3.63) is 126 Å². The van der Waals surface area contributed by atoms with E-state index >= 15 is 0 Å². The largest absolute Gasteiger partial charge is 0.358 e. The Morgan fingerprint density at radius 1 is 0.762 bits per heavy atom. The molecular formula is C39H52Cl2Zr-4. The molecule has 230 valence electrons. The monoisotopic (exact) mass is 680 g/mol. The third-order valence-corrected chi connectivity index (χ3v) is 6.87. The van der Waals surface area contributed by atoms with Crippen molar-refractivity contribution in [2.75, 3.05) is 0 Å². The molecule has 0 aliphatic heterocycles. The second-order valence-electron chi connectivity index (χ2n) is 13.4. The van der Waals surface area contributed by atoms with Gasteiger partial charge in [0.2, 0.25) is 0 Å². The number of hydrogen-bond acceptors (Lipinski definition) is 0. The van der Waals surface area contributed by atoms with Gasteiger partial charge in [-0.3, -0.25) is 6.08 Å². The van der Waals surface area contributed by atoms with Crippen molar-refractivity contribution >= 4 is 29.0 Å². The molecule has 0 N–H and O–H groups in total. The van der Waals surface area contributed by atoms with Crippen LogP contribution in [0.2, 0.25) is 0 Å². The van der Waals surface area contributed by atoms with E-state index in [2.05, 4.69) is 134 Å². The molecule has 1 atom stereocenters. The first kappa shape index (κ1) is 42.6. The zero-order valence-corrected chi connectivity index (χ0v) is 31.8. The van der Waals surface area contributed by atoms with Crippen LogP contribution in [0.25, 0.3) is 11.1 Å². The van der Waals surface area contributed by atoms with Gasteiger partial charge in [-0.2, -0.15) is 71.8 Å². The van der Waals surface area contributed by atoms with Crippen LogP contribution >= 0.6 is 24.8 Å². The van der Waals surface area contributed by atoms with Crippen LogP contribution < -0.4 is 0 Å². The third kappa shape index (κ3) is 12.6. The maximum atomic E-state index is 3.67. The second kappa shape index (κ2) is 18.3. The van der Waals surface area contributed by atoms with Crippen LogP contribution in [0.5, 0.6) is 0 Å². The van der Waals surface area contributed by atoms with Crippen LogP contribution in [0.4, 0.5) is 0 Å². The van der Waals surface area contributed by atoms with Gasteiger partial charge >= 0.3 is 28.4 Å². The van der Waals surface area contributed by atoms with E-state index in [9.17, 15) is 0 Å². The molecule has 3 aromatic rings. The molecule has 0 bridgehead atoms. The van der Waals surface area contributed by atoms with Gasteiger partial charge in [-0.15, -0.1) is 35.9 Å². The summed E-state index contributed by atoms with van der Waals surface area (Å²) in [6.07, 6.45) is 8.68. The van der Waals surface area contributed by atoms with E-state index in [0.717, 1.165) is 6.42 Å². The average Bonchev–Trinajstić information content (AvgIpc) is 3.49. The summed E-state index contributed by atoms with van der Waals surface area (Å²) in [5.74, 6) is 0.522. The molecule has 1 unspecified atom stereocenters. The van der Waals surface area contributed by atoms with Crippen molar-refractivity contribution in [3.63, 3.8) is 0 Å². The van der Waals surface area contributed by atoms with E-state index in [1.807, 2.05) is 30.3 Å². The molecule has 42 heavy (non-hydrogen) atoms. The van der Waals surface area contributed by atoms with Crippen molar-refractivity contribution in [2.24, 2.45) is 11.3 Å². The van der Waals surface area contributed by atoms with E-state index in [4.69, 9.17) is 0 Å². The maximum Gasteiger partial charge on any atom is -0.171 e. The Morgan fingerprint density at radius 3 is 1.71 bits per heavy atom. The summed E-state index contributed by atoms with van der Waals surface area (Å²) in [6.45, 7) is 22.5. The molecule has 0 fully saturated rings. The summed E-state index contributed by atoms with van der Waals surface area (Å²) in [5.41, 5.74) is 10.4. The molecule has 0 heterocycles. The van der Waals surface area contributed by atoms with Gasteiger partial charge in [-0.1, -0.05) is 104 Å². The maximum absolute atomic E-state index is 3.67. The van der Waals surface area contributed by atoms with E-state index in [1.165, 1.54) is 63.2 Å². The molecule has 0 amide bonds. The van der Waals surface area contributed by atoms with Gasteiger partial charge in [-0.25, -0.2) is 6.08 Å². The van der Waals surface area contributed by atoms with Crippen LogP contribution in [-0.4, -0.2) is 4.21 Å². The van der Waals surface area contributed by atoms with E-state index in [1.54, 1.807) is 0 Å². The zero-order chi connectivity index (χ0) is 29.4. The third-order valence-electron chi connectivity index (χ3n) is 6.87. The number of fused-ring (bicyclic) bond motifs is 3. The van der Waals surface area contributed by atoms with Crippen LogP contribution in [-0.2, 0) is 41.5 Å². The normalized spacial score (nSPS) is 14.2. The molecule has 0 aromatic heterocycles. The number of hydrogen-bond donors (Lipinski definition) is 0. The minimum absolute atomic E-state index is 0. The molecule has 5 rings (SSSR count). The minimum Gasteiger partial charge on any atom is -0.358 e. The summed E-state index contributed by atoms with van der Waals surface area (Å²) in [4.78, 5) is 0.